The molecule has 0 fully saturated rings. The minimum Gasteiger partial charge on any atom is -0.272 e. The molecule has 15 heavy (non-hydrogen) atoms. The van der Waals surface area contributed by atoms with Crippen molar-refractivity contribution in [3.05, 3.63) is 47.9 Å². The van der Waals surface area contributed by atoms with Gasteiger partial charge in [-0.15, -0.1) is 0 Å². The standard InChI is InChI=1S/C11H9N3O/c1-15-14-7-3-2-4-11(14)6-5-10(8-12)9-13/h2-7H,1H3/b11-6+. The fourth-order valence-electron chi connectivity index (χ4n) is 1.01. The molecular formula is C11H9N3O. The highest BCUT2D eigenvalue weighted by Crippen LogP contribution is 2.12. The van der Waals surface area contributed by atoms with E-state index in [-0.39, 0.29) is 5.57 Å². The summed E-state index contributed by atoms with van der Waals surface area (Å²) in [6.07, 6.45) is 10.3. The summed E-state index contributed by atoms with van der Waals surface area (Å²) in [5.74, 6) is 0. The Morgan fingerprint density at radius 1 is 1.40 bits per heavy atom. The summed E-state index contributed by atoms with van der Waals surface area (Å²) in [7, 11) is 1.54. The Morgan fingerprint density at radius 3 is 2.73 bits per heavy atom. The lowest BCUT2D eigenvalue weighted by molar-refractivity contribution is -0.0534. The van der Waals surface area contributed by atoms with E-state index in [9.17, 15) is 0 Å². The largest absolute Gasteiger partial charge is 0.272 e. The van der Waals surface area contributed by atoms with Crippen LogP contribution >= 0.6 is 0 Å². The Kier molecular flexibility index (Phi) is 3.91. The Hall–Kier alpha value is -2.30. The van der Waals surface area contributed by atoms with Crippen LogP contribution in [0.25, 0.3) is 0 Å². The number of nitriles is 2. The molecule has 4 nitrogen and oxygen atoms in total. The van der Waals surface area contributed by atoms with Gasteiger partial charge >= 0.3 is 0 Å². The third-order valence-electron chi connectivity index (χ3n) is 1.71. The van der Waals surface area contributed by atoms with Crippen LogP contribution in [0.3, 0.4) is 0 Å². The SMILES string of the molecule is CON1C=CC=C/C1=C\C=C(C#N)C#N. The van der Waals surface area contributed by atoms with E-state index in [0.29, 0.717) is 0 Å². The van der Waals surface area contributed by atoms with Gasteiger partial charge in [-0.05, 0) is 24.3 Å². The van der Waals surface area contributed by atoms with E-state index in [1.807, 2.05) is 18.2 Å². The van der Waals surface area contributed by atoms with Crippen LogP contribution in [0, 0.1) is 22.7 Å². The van der Waals surface area contributed by atoms with Crippen LogP contribution in [0.1, 0.15) is 0 Å². The van der Waals surface area contributed by atoms with Crippen molar-refractivity contribution >= 4 is 0 Å². The first-order valence-corrected chi connectivity index (χ1v) is 4.22. The fraction of sp³-hybridized carbons (Fsp3) is 0.0909. The minimum atomic E-state index is 0.0570. The molecule has 0 radical (unpaired) electrons. The average molecular weight is 199 g/mol. The van der Waals surface area contributed by atoms with Crippen molar-refractivity contribution < 1.29 is 4.84 Å². The number of rotatable bonds is 2. The molecule has 0 aromatic heterocycles. The third kappa shape index (κ3) is 2.84. The molecule has 0 unspecified atom stereocenters. The Bertz CT molecular complexity index is 414. The van der Waals surface area contributed by atoms with Crippen molar-refractivity contribution in [1.82, 2.24) is 5.06 Å². The second kappa shape index (κ2) is 5.43. The van der Waals surface area contributed by atoms with E-state index < -0.39 is 0 Å². The first kappa shape index (κ1) is 10.8. The third-order valence-corrected chi connectivity index (χ3v) is 1.71. The lowest BCUT2D eigenvalue weighted by Gasteiger charge is -2.19. The molecule has 4 heteroatoms. The Labute approximate surface area is 88.2 Å². The predicted molar refractivity (Wildman–Crippen MR) is 54.5 cm³/mol. The summed E-state index contributed by atoms with van der Waals surface area (Å²) in [6.45, 7) is 0. The summed E-state index contributed by atoms with van der Waals surface area (Å²) in [6, 6.07) is 3.56. The van der Waals surface area contributed by atoms with E-state index >= 15 is 0 Å². The predicted octanol–water partition coefficient (Wildman–Crippen LogP) is 1.79. The van der Waals surface area contributed by atoms with Crippen molar-refractivity contribution in [2.24, 2.45) is 0 Å². The Balaban J connectivity index is 2.89. The van der Waals surface area contributed by atoms with Gasteiger partial charge < -0.3 is 0 Å². The monoisotopic (exact) mass is 199 g/mol. The summed E-state index contributed by atoms with van der Waals surface area (Å²) in [5.41, 5.74) is 0.810. The van der Waals surface area contributed by atoms with Crippen molar-refractivity contribution in [1.29, 1.82) is 10.5 Å². The van der Waals surface area contributed by atoms with Gasteiger partial charge in [0.05, 0.1) is 12.8 Å². The molecule has 0 N–H and O–H groups in total. The molecule has 1 heterocycles. The fourth-order valence-corrected chi connectivity index (χ4v) is 1.01. The number of nitrogens with zero attached hydrogens (tertiary/aromatic N) is 3. The van der Waals surface area contributed by atoms with Gasteiger partial charge in [0.2, 0.25) is 0 Å². The van der Waals surface area contributed by atoms with Gasteiger partial charge in [0, 0.05) is 6.20 Å². The second-order valence-corrected chi connectivity index (χ2v) is 2.60. The van der Waals surface area contributed by atoms with Gasteiger partial charge in [-0.2, -0.15) is 10.5 Å². The van der Waals surface area contributed by atoms with Crippen molar-refractivity contribution in [3.63, 3.8) is 0 Å². The average Bonchev–Trinajstić information content (AvgIpc) is 2.31. The van der Waals surface area contributed by atoms with Gasteiger partial charge in [-0.3, -0.25) is 4.84 Å². The van der Waals surface area contributed by atoms with E-state index in [1.165, 1.54) is 18.2 Å². The van der Waals surface area contributed by atoms with Crippen LogP contribution in [0.2, 0.25) is 0 Å². The van der Waals surface area contributed by atoms with Gasteiger partial charge in [0.1, 0.15) is 17.7 Å². The lowest BCUT2D eigenvalue weighted by Crippen LogP contribution is -2.14. The molecule has 0 amide bonds. The van der Waals surface area contributed by atoms with Crippen molar-refractivity contribution in [2.45, 2.75) is 0 Å². The summed E-state index contributed by atoms with van der Waals surface area (Å²) >= 11 is 0. The molecule has 0 aromatic carbocycles. The van der Waals surface area contributed by atoms with Gasteiger partial charge in [0.25, 0.3) is 0 Å². The topological polar surface area (TPSA) is 60.0 Å². The first-order chi connectivity index (χ1) is 7.31. The number of hydrogen-bond donors (Lipinski definition) is 0. The normalized spacial score (nSPS) is 15.9. The molecule has 1 rings (SSSR count). The Morgan fingerprint density at radius 2 is 2.13 bits per heavy atom. The van der Waals surface area contributed by atoms with Crippen LogP contribution in [-0.4, -0.2) is 12.2 Å². The van der Waals surface area contributed by atoms with Crippen molar-refractivity contribution in [3.8, 4) is 12.1 Å². The highest BCUT2D eigenvalue weighted by molar-refractivity contribution is 5.40. The zero-order valence-electron chi connectivity index (χ0n) is 8.21. The van der Waals surface area contributed by atoms with E-state index in [2.05, 4.69) is 0 Å². The molecule has 0 saturated heterocycles. The van der Waals surface area contributed by atoms with Crippen LogP contribution in [0.4, 0.5) is 0 Å². The summed E-state index contributed by atoms with van der Waals surface area (Å²) in [4.78, 5) is 5.04. The van der Waals surface area contributed by atoms with Crippen LogP contribution < -0.4 is 0 Å². The van der Waals surface area contributed by atoms with E-state index in [0.717, 1.165) is 5.70 Å². The van der Waals surface area contributed by atoms with Crippen LogP contribution in [0.15, 0.2) is 47.9 Å². The number of hydrogen-bond acceptors (Lipinski definition) is 4. The molecule has 1 aliphatic heterocycles. The van der Waals surface area contributed by atoms with E-state index in [4.69, 9.17) is 15.4 Å². The highest BCUT2D eigenvalue weighted by Gasteiger charge is 2.03. The number of hydroxylamine groups is 2. The van der Waals surface area contributed by atoms with Crippen molar-refractivity contribution in [2.75, 3.05) is 7.11 Å². The minimum absolute atomic E-state index is 0.0570. The number of allylic oxidation sites excluding steroid dienone is 6. The van der Waals surface area contributed by atoms with E-state index in [1.54, 1.807) is 24.4 Å². The lowest BCUT2D eigenvalue weighted by atomic mass is 10.2. The van der Waals surface area contributed by atoms with Gasteiger partial charge in [-0.1, -0.05) is 6.08 Å². The molecule has 0 aliphatic carbocycles. The molecule has 0 aromatic rings. The zero-order valence-corrected chi connectivity index (χ0v) is 8.21. The van der Waals surface area contributed by atoms with Crippen LogP contribution in [-0.2, 0) is 4.84 Å². The van der Waals surface area contributed by atoms with Gasteiger partial charge in [0.15, 0.2) is 0 Å². The maximum absolute atomic E-state index is 8.53. The summed E-state index contributed by atoms with van der Waals surface area (Å²) in [5, 5.41) is 18.6. The highest BCUT2D eigenvalue weighted by atomic mass is 16.7. The second-order valence-electron chi connectivity index (χ2n) is 2.60. The van der Waals surface area contributed by atoms with Crippen LogP contribution in [0.5, 0.6) is 0 Å². The first-order valence-electron chi connectivity index (χ1n) is 4.22. The molecule has 1 aliphatic rings. The zero-order chi connectivity index (χ0) is 11.1. The molecular weight excluding hydrogens is 190 g/mol. The summed E-state index contributed by atoms with van der Waals surface area (Å²) < 4.78 is 0. The maximum atomic E-state index is 8.53. The molecule has 0 atom stereocenters. The molecule has 0 saturated carbocycles. The quantitative estimate of drug-likeness (QED) is 0.636. The van der Waals surface area contributed by atoms with Gasteiger partial charge in [-0.25, -0.2) is 5.06 Å². The maximum Gasteiger partial charge on any atom is 0.129 e. The molecule has 0 spiro atoms. The molecule has 0 bridgehead atoms. The molecule has 74 valence electrons. The smallest absolute Gasteiger partial charge is 0.129 e.